The summed E-state index contributed by atoms with van der Waals surface area (Å²) in [6.45, 7) is 1.87. The molecular formula is C12H16N2O2. The second kappa shape index (κ2) is 4.22. The average molecular weight is 220 g/mol. The normalized spacial score (nSPS) is 17.1. The number of carbonyl (C=O) groups excluding carboxylic acids is 1. The van der Waals surface area contributed by atoms with Crippen molar-refractivity contribution in [2.24, 2.45) is 5.92 Å². The predicted molar refractivity (Wildman–Crippen MR) is 61.2 cm³/mol. The van der Waals surface area contributed by atoms with E-state index in [1.54, 1.807) is 19.4 Å². The summed E-state index contributed by atoms with van der Waals surface area (Å²) in [4.78, 5) is 16.2. The van der Waals surface area contributed by atoms with E-state index in [2.05, 4.69) is 4.98 Å². The van der Waals surface area contributed by atoms with Crippen LogP contribution in [0.25, 0.3) is 0 Å². The van der Waals surface area contributed by atoms with Gasteiger partial charge >= 0.3 is 0 Å². The molecule has 1 atom stereocenters. The number of rotatable bonds is 4. The second-order valence-electron chi connectivity index (χ2n) is 4.25. The molecule has 2 rings (SSSR count). The van der Waals surface area contributed by atoms with Gasteiger partial charge in [-0.05, 0) is 37.3 Å². The summed E-state index contributed by atoms with van der Waals surface area (Å²) in [5, 5.41) is 0. The van der Waals surface area contributed by atoms with E-state index in [0.29, 0.717) is 17.3 Å². The van der Waals surface area contributed by atoms with Crippen LogP contribution in [-0.4, -0.2) is 24.0 Å². The van der Waals surface area contributed by atoms with Crippen LogP contribution in [0.2, 0.25) is 0 Å². The van der Waals surface area contributed by atoms with Gasteiger partial charge in [-0.15, -0.1) is 0 Å². The minimum atomic E-state index is -0.356. The number of methoxy groups -OCH3 is 1. The van der Waals surface area contributed by atoms with E-state index in [4.69, 9.17) is 10.5 Å². The Kier molecular flexibility index (Phi) is 2.92. The molecule has 1 aromatic heterocycles. The molecule has 1 saturated carbocycles. The van der Waals surface area contributed by atoms with Crippen LogP contribution in [0.3, 0.4) is 0 Å². The lowest BCUT2D eigenvalue weighted by Gasteiger charge is -2.15. The number of hydrogen-bond donors (Lipinski definition) is 1. The first-order chi connectivity index (χ1) is 7.65. The van der Waals surface area contributed by atoms with Gasteiger partial charge in [0.25, 0.3) is 0 Å². The lowest BCUT2D eigenvalue weighted by atomic mass is 9.99. The highest BCUT2D eigenvalue weighted by atomic mass is 16.5. The Labute approximate surface area is 94.8 Å². The van der Waals surface area contributed by atoms with Crippen molar-refractivity contribution in [2.45, 2.75) is 25.9 Å². The number of Topliss-reactive ketones (excluding diaryl/α,β-unsaturated/α-hetero) is 1. The number of anilines is 1. The minimum Gasteiger partial charge on any atom is -0.383 e. The molecule has 1 aliphatic rings. The molecule has 1 fully saturated rings. The highest BCUT2D eigenvalue weighted by Gasteiger charge is 2.37. The van der Waals surface area contributed by atoms with Crippen molar-refractivity contribution in [2.75, 3.05) is 12.8 Å². The molecule has 0 radical (unpaired) electrons. The smallest absolute Gasteiger partial charge is 0.195 e. The molecule has 0 aliphatic heterocycles. The van der Waals surface area contributed by atoms with Gasteiger partial charge in [0.1, 0.15) is 11.9 Å². The molecule has 86 valence electrons. The highest BCUT2D eigenvalue weighted by molar-refractivity contribution is 6.04. The standard InChI is InChI=1S/C12H16N2O2/c1-7-5-6-14-12(13)9(7)10(15)11(16-2)8-3-4-8/h5-6,8,11H,3-4H2,1-2H3,(H2,13,14). The first-order valence-electron chi connectivity index (χ1n) is 5.43. The van der Waals surface area contributed by atoms with E-state index in [9.17, 15) is 4.79 Å². The molecule has 0 aromatic carbocycles. The third-order valence-electron chi connectivity index (χ3n) is 3.00. The molecule has 1 unspecified atom stereocenters. The minimum absolute atomic E-state index is 0.0342. The summed E-state index contributed by atoms with van der Waals surface area (Å²) in [5.74, 6) is 0.623. The van der Waals surface area contributed by atoms with Gasteiger partial charge in [0, 0.05) is 13.3 Å². The zero-order valence-corrected chi connectivity index (χ0v) is 9.56. The van der Waals surface area contributed by atoms with E-state index in [0.717, 1.165) is 18.4 Å². The Balaban J connectivity index is 2.32. The van der Waals surface area contributed by atoms with Crippen LogP contribution in [0, 0.1) is 12.8 Å². The summed E-state index contributed by atoms with van der Waals surface area (Å²) in [6, 6.07) is 1.79. The number of aryl methyl sites for hydroxylation is 1. The summed E-state index contributed by atoms with van der Waals surface area (Å²) < 4.78 is 5.27. The van der Waals surface area contributed by atoms with Gasteiger partial charge in [0.05, 0.1) is 5.56 Å². The molecule has 4 nitrogen and oxygen atoms in total. The van der Waals surface area contributed by atoms with Crippen molar-refractivity contribution >= 4 is 11.6 Å². The molecule has 1 heterocycles. The van der Waals surface area contributed by atoms with Crippen LogP contribution in [0.4, 0.5) is 5.82 Å². The molecule has 0 bridgehead atoms. The van der Waals surface area contributed by atoms with Crippen molar-refractivity contribution in [3.05, 3.63) is 23.4 Å². The van der Waals surface area contributed by atoms with E-state index in [1.807, 2.05) is 6.92 Å². The van der Waals surface area contributed by atoms with E-state index >= 15 is 0 Å². The molecule has 2 N–H and O–H groups in total. The van der Waals surface area contributed by atoms with E-state index < -0.39 is 0 Å². The zero-order chi connectivity index (χ0) is 11.7. The summed E-state index contributed by atoms with van der Waals surface area (Å²) >= 11 is 0. The van der Waals surface area contributed by atoms with Crippen LogP contribution in [0.1, 0.15) is 28.8 Å². The van der Waals surface area contributed by atoms with Crippen LogP contribution >= 0.6 is 0 Å². The van der Waals surface area contributed by atoms with E-state index in [1.165, 1.54) is 0 Å². The SMILES string of the molecule is COC(C(=O)c1c(C)ccnc1N)C1CC1. The number of nitrogens with zero attached hydrogens (tertiary/aromatic N) is 1. The lowest BCUT2D eigenvalue weighted by molar-refractivity contribution is 0.0540. The Morgan fingerprint density at radius 2 is 2.31 bits per heavy atom. The maximum Gasteiger partial charge on any atom is 0.195 e. The summed E-state index contributed by atoms with van der Waals surface area (Å²) in [7, 11) is 1.57. The number of aromatic nitrogens is 1. The van der Waals surface area contributed by atoms with Crippen molar-refractivity contribution in [1.82, 2.24) is 4.98 Å². The number of hydrogen-bond acceptors (Lipinski definition) is 4. The van der Waals surface area contributed by atoms with Crippen molar-refractivity contribution in [3.63, 3.8) is 0 Å². The molecular weight excluding hydrogens is 204 g/mol. The Hall–Kier alpha value is -1.42. The second-order valence-corrected chi connectivity index (χ2v) is 4.25. The monoisotopic (exact) mass is 220 g/mol. The fourth-order valence-electron chi connectivity index (χ4n) is 1.95. The van der Waals surface area contributed by atoms with Crippen LogP contribution in [-0.2, 0) is 4.74 Å². The molecule has 1 aromatic rings. The molecule has 16 heavy (non-hydrogen) atoms. The van der Waals surface area contributed by atoms with Crippen LogP contribution in [0.5, 0.6) is 0 Å². The van der Waals surface area contributed by atoms with E-state index in [-0.39, 0.29) is 11.9 Å². The number of ketones is 1. The highest BCUT2D eigenvalue weighted by Crippen LogP contribution is 2.36. The third-order valence-corrected chi connectivity index (χ3v) is 3.00. The van der Waals surface area contributed by atoms with Gasteiger partial charge < -0.3 is 10.5 Å². The Morgan fingerprint density at radius 3 is 2.81 bits per heavy atom. The first kappa shape index (κ1) is 11.1. The number of carbonyl (C=O) groups is 1. The topological polar surface area (TPSA) is 65.2 Å². The van der Waals surface area contributed by atoms with Crippen molar-refractivity contribution in [3.8, 4) is 0 Å². The number of ether oxygens (including phenoxy) is 1. The molecule has 1 aliphatic carbocycles. The molecule has 0 spiro atoms. The van der Waals surface area contributed by atoms with Gasteiger partial charge in [0.2, 0.25) is 0 Å². The van der Waals surface area contributed by atoms with Gasteiger partial charge in [-0.25, -0.2) is 4.98 Å². The van der Waals surface area contributed by atoms with Crippen LogP contribution < -0.4 is 5.73 Å². The lowest BCUT2D eigenvalue weighted by Crippen LogP contribution is -2.27. The number of nitrogens with two attached hydrogens (primary N) is 1. The largest absolute Gasteiger partial charge is 0.383 e. The van der Waals surface area contributed by atoms with Gasteiger partial charge in [-0.3, -0.25) is 4.79 Å². The van der Waals surface area contributed by atoms with Crippen molar-refractivity contribution < 1.29 is 9.53 Å². The molecule has 4 heteroatoms. The first-order valence-corrected chi connectivity index (χ1v) is 5.43. The number of nitrogen functional groups attached to an aromatic ring is 1. The number of pyridine rings is 1. The maximum atomic E-state index is 12.3. The fourth-order valence-corrected chi connectivity index (χ4v) is 1.95. The summed E-state index contributed by atoms with van der Waals surface area (Å²) in [5.41, 5.74) is 7.12. The fraction of sp³-hybridized carbons (Fsp3) is 0.500. The van der Waals surface area contributed by atoms with Crippen molar-refractivity contribution in [1.29, 1.82) is 0 Å². The maximum absolute atomic E-state index is 12.3. The summed E-state index contributed by atoms with van der Waals surface area (Å²) in [6.07, 6.45) is 3.37. The molecule has 0 saturated heterocycles. The Morgan fingerprint density at radius 1 is 1.62 bits per heavy atom. The van der Waals surface area contributed by atoms with Gasteiger partial charge in [-0.2, -0.15) is 0 Å². The third kappa shape index (κ3) is 1.93. The molecule has 0 amide bonds. The van der Waals surface area contributed by atoms with Gasteiger partial charge in [-0.1, -0.05) is 0 Å². The Bertz CT molecular complexity index is 393. The quantitative estimate of drug-likeness (QED) is 0.782. The van der Waals surface area contributed by atoms with Crippen LogP contribution in [0.15, 0.2) is 12.3 Å². The predicted octanol–water partition coefficient (Wildman–Crippen LogP) is 1.58. The average Bonchev–Trinajstić information content (AvgIpc) is 3.03. The zero-order valence-electron chi connectivity index (χ0n) is 9.56. The van der Waals surface area contributed by atoms with Gasteiger partial charge in [0.15, 0.2) is 5.78 Å².